The molecule has 1 aromatic rings. The average molecular weight is 230 g/mol. The summed E-state index contributed by atoms with van der Waals surface area (Å²) in [7, 11) is 0. The number of aromatic nitrogens is 2. The van der Waals surface area contributed by atoms with E-state index in [2.05, 4.69) is 22.2 Å². The maximum atomic E-state index is 5.69. The van der Waals surface area contributed by atoms with Crippen molar-refractivity contribution in [2.24, 2.45) is 0 Å². The van der Waals surface area contributed by atoms with E-state index in [4.69, 9.17) is 16.3 Å². The third-order valence-corrected chi connectivity index (χ3v) is 2.18. The van der Waals surface area contributed by atoms with E-state index in [0.717, 1.165) is 12.2 Å². The highest BCUT2D eigenvalue weighted by molar-refractivity contribution is 6.18. The number of anilines is 1. The summed E-state index contributed by atoms with van der Waals surface area (Å²) in [5, 5.41) is 3.15. The molecule has 15 heavy (non-hydrogen) atoms. The van der Waals surface area contributed by atoms with Crippen LogP contribution in [0.5, 0.6) is 5.88 Å². The Morgan fingerprint density at radius 1 is 1.53 bits per heavy atom. The summed E-state index contributed by atoms with van der Waals surface area (Å²) >= 11 is 5.69. The topological polar surface area (TPSA) is 47.0 Å². The van der Waals surface area contributed by atoms with Crippen LogP contribution in [0.4, 0.5) is 5.82 Å². The molecule has 1 heterocycles. The van der Waals surface area contributed by atoms with Gasteiger partial charge in [0.1, 0.15) is 12.1 Å². The van der Waals surface area contributed by atoms with Crippen molar-refractivity contribution in [3.63, 3.8) is 0 Å². The van der Waals surface area contributed by atoms with Gasteiger partial charge in [-0.3, -0.25) is 0 Å². The van der Waals surface area contributed by atoms with Gasteiger partial charge in [0.05, 0.1) is 6.61 Å². The molecular formula is C10H16ClN3O. The van der Waals surface area contributed by atoms with Gasteiger partial charge in [-0.1, -0.05) is 6.92 Å². The van der Waals surface area contributed by atoms with Gasteiger partial charge in [-0.15, -0.1) is 11.6 Å². The Balaban J connectivity index is 2.57. The van der Waals surface area contributed by atoms with Crippen LogP contribution in [0.3, 0.4) is 0 Å². The minimum Gasteiger partial charge on any atom is -0.478 e. The predicted octanol–water partition coefficient (Wildman–Crippen LogP) is 2.30. The van der Waals surface area contributed by atoms with E-state index in [9.17, 15) is 0 Å². The maximum absolute atomic E-state index is 5.69. The van der Waals surface area contributed by atoms with E-state index in [1.807, 2.05) is 6.92 Å². The molecule has 1 aromatic heterocycles. The van der Waals surface area contributed by atoms with Gasteiger partial charge in [0, 0.05) is 18.0 Å². The summed E-state index contributed by atoms with van der Waals surface area (Å²) in [6.45, 7) is 4.71. The van der Waals surface area contributed by atoms with E-state index >= 15 is 0 Å². The van der Waals surface area contributed by atoms with Crippen LogP contribution in [0.2, 0.25) is 0 Å². The summed E-state index contributed by atoms with van der Waals surface area (Å²) < 4.78 is 5.39. The van der Waals surface area contributed by atoms with Gasteiger partial charge in [-0.2, -0.15) is 0 Å². The molecule has 0 aliphatic rings. The molecule has 0 spiro atoms. The van der Waals surface area contributed by atoms with Gasteiger partial charge < -0.3 is 10.1 Å². The lowest BCUT2D eigenvalue weighted by Crippen LogP contribution is -2.17. The van der Waals surface area contributed by atoms with E-state index in [0.29, 0.717) is 18.4 Å². The summed E-state index contributed by atoms with van der Waals surface area (Å²) in [5.74, 6) is 1.87. The van der Waals surface area contributed by atoms with Crippen molar-refractivity contribution in [3.8, 4) is 5.88 Å². The van der Waals surface area contributed by atoms with Crippen LogP contribution in [0, 0.1) is 0 Å². The van der Waals surface area contributed by atoms with Gasteiger partial charge in [0.15, 0.2) is 0 Å². The van der Waals surface area contributed by atoms with Crippen molar-refractivity contribution in [2.45, 2.75) is 26.3 Å². The summed E-state index contributed by atoms with van der Waals surface area (Å²) in [4.78, 5) is 8.08. The van der Waals surface area contributed by atoms with Crippen LogP contribution in [-0.2, 0) is 0 Å². The number of halogens is 1. The zero-order chi connectivity index (χ0) is 11.1. The lowest BCUT2D eigenvalue weighted by molar-refractivity contribution is 0.305. The second-order valence-electron chi connectivity index (χ2n) is 3.29. The van der Waals surface area contributed by atoms with E-state index < -0.39 is 0 Å². The molecule has 84 valence electrons. The smallest absolute Gasteiger partial charge is 0.218 e. The fraction of sp³-hybridized carbons (Fsp3) is 0.600. The van der Waals surface area contributed by atoms with Crippen LogP contribution in [0.1, 0.15) is 20.3 Å². The Bertz CT molecular complexity index is 296. The van der Waals surface area contributed by atoms with E-state index in [-0.39, 0.29) is 6.04 Å². The van der Waals surface area contributed by atoms with E-state index in [1.165, 1.54) is 6.33 Å². The second-order valence-corrected chi connectivity index (χ2v) is 3.60. The molecule has 5 heteroatoms. The minimum absolute atomic E-state index is 0.181. The zero-order valence-corrected chi connectivity index (χ0v) is 9.79. The number of nitrogens with zero attached hydrogens (tertiary/aromatic N) is 2. The number of alkyl halides is 1. The van der Waals surface area contributed by atoms with Crippen LogP contribution in [-0.4, -0.2) is 28.5 Å². The first-order chi connectivity index (χ1) is 7.26. The molecule has 0 fully saturated rings. The Morgan fingerprint density at radius 2 is 2.33 bits per heavy atom. The number of hydrogen-bond donors (Lipinski definition) is 1. The standard InChI is InChI=1S/C10H16ClN3O/c1-3-4-15-10-5-9(12-7-13-10)14-8(2)6-11/h5,7-8H,3-4,6H2,1-2H3,(H,12,13,14). The lowest BCUT2D eigenvalue weighted by Gasteiger charge is -2.11. The highest BCUT2D eigenvalue weighted by Crippen LogP contribution is 2.12. The third-order valence-electron chi connectivity index (χ3n) is 1.72. The van der Waals surface area contributed by atoms with E-state index in [1.54, 1.807) is 6.07 Å². The number of hydrogen-bond acceptors (Lipinski definition) is 4. The average Bonchev–Trinajstić information content (AvgIpc) is 2.26. The number of ether oxygens (including phenoxy) is 1. The predicted molar refractivity (Wildman–Crippen MR) is 61.6 cm³/mol. The molecule has 0 saturated heterocycles. The number of rotatable bonds is 6. The molecule has 0 amide bonds. The Morgan fingerprint density at radius 3 is 3.00 bits per heavy atom. The molecule has 0 aliphatic carbocycles. The molecule has 4 nitrogen and oxygen atoms in total. The largest absolute Gasteiger partial charge is 0.478 e. The second kappa shape index (κ2) is 6.45. The highest BCUT2D eigenvalue weighted by atomic mass is 35.5. The van der Waals surface area contributed by atoms with Crippen molar-refractivity contribution in [2.75, 3.05) is 17.8 Å². The molecule has 1 atom stereocenters. The molecule has 1 N–H and O–H groups in total. The minimum atomic E-state index is 0.181. The molecule has 0 radical (unpaired) electrons. The number of nitrogens with one attached hydrogen (secondary N) is 1. The monoisotopic (exact) mass is 229 g/mol. The summed E-state index contributed by atoms with van der Waals surface area (Å²) in [5.41, 5.74) is 0. The summed E-state index contributed by atoms with van der Waals surface area (Å²) in [6.07, 6.45) is 2.44. The van der Waals surface area contributed by atoms with Crippen molar-refractivity contribution < 1.29 is 4.74 Å². The van der Waals surface area contributed by atoms with Gasteiger partial charge in [-0.25, -0.2) is 9.97 Å². The molecule has 1 unspecified atom stereocenters. The normalized spacial score (nSPS) is 12.2. The molecule has 0 aromatic carbocycles. The SMILES string of the molecule is CCCOc1cc(NC(C)CCl)ncn1. The van der Waals surface area contributed by atoms with Crippen LogP contribution in [0.25, 0.3) is 0 Å². The van der Waals surface area contributed by atoms with Crippen molar-refractivity contribution in [1.82, 2.24) is 9.97 Å². The quantitative estimate of drug-likeness (QED) is 0.761. The molecule has 1 rings (SSSR count). The van der Waals surface area contributed by atoms with Crippen LogP contribution in [0.15, 0.2) is 12.4 Å². The van der Waals surface area contributed by atoms with Gasteiger partial charge >= 0.3 is 0 Å². The Hall–Kier alpha value is -1.03. The zero-order valence-electron chi connectivity index (χ0n) is 9.03. The van der Waals surface area contributed by atoms with Crippen molar-refractivity contribution in [3.05, 3.63) is 12.4 Å². The highest BCUT2D eigenvalue weighted by Gasteiger charge is 2.03. The van der Waals surface area contributed by atoms with Crippen LogP contribution < -0.4 is 10.1 Å². The molecular weight excluding hydrogens is 214 g/mol. The first-order valence-corrected chi connectivity index (χ1v) is 5.57. The lowest BCUT2D eigenvalue weighted by atomic mass is 10.4. The molecule has 0 aliphatic heterocycles. The summed E-state index contributed by atoms with van der Waals surface area (Å²) in [6, 6.07) is 1.96. The van der Waals surface area contributed by atoms with Crippen molar-refractivity contribution >= 4 is 17.4 Å². The fourth-order valence-electron chi connectivity index (χ4n) is 0.995. The maximum Gasteiger partial charge on any atom is 0.218 e. The molecule has 0 bridgehead atoms. The van der Waals surface area contributed by atoms with Crippen LogP contribution >= 0.6 is 11.6 Å². The van der Waals surface area contributed by atoms with Gasteiger partial charge in [0.25, 0.3) is 0 Å². The van der Waals surface area contributed by atoms with Gasteiger partial charge in [-0.05, 0) is 13.3 Å². The Labute approximate surface area is 95.0 Å². The first kappa shape index (κ1) is 12.0. The van der Waals surface area contributed by atoms with Gasteiger partial charge in [0.2, 0.25) is 5.88 Å². The third kappa shape index (κ3) is 4.34. The van der Waals surface area contributed by atoms with Crippen molar-refractivity contribution in [1.29, 1.82) is 0 Å². The Kier molecular flexibility index (Phi) is 5.18. The first-order valence-electron chi connectivity index (χ1n) is 5.03. The molecule has 0 saturated carbocycles. The fourth-order valence-corrected chi connectivity index (χ4v) is 1.07.